The SMILES string of the molecule is CCC(Cl)c1cn(-c2ccc(C)cc2[N+](=O)[O-])nn1. The number of nitrogens with zero attached hydrogens (tertiary/aromatic N) is 4. The smallest absolute Gasteiger partial charge is 0.258 e. The topological polar surface area (TPSA) is 73.8 Å². The van der Waals surface area contributed by atoms with Crippen molar-refractivity contribution in [3.63, 3.8) is 0 Å². The zero-order valence-corrected chi connectivity index (χ0v) is 11.3. The lowest BCUT2D eigenvalue weighted by molar-refractivity contribution is -0.384. The first-order chi connectivity index (χ1) is 9.02. The van der Waals surface area contributed by atoms with Crippen LogP contribution in [0.3, 0.4) is 0 Å². The Morgan fingerprint density at radius 1 is 1.53 bits per heavy atom. The fraction of sp³-hybridized carbons (Fsp3) is 0.333. The summed E-state index contributed by atoms with van der Waals surface area (Å²) in [6, 6.07) is 4.96. The third-order valence-electron chi connectivity index (χ3n) is 2.76. The summed E-state index contributed by atoms with van der Waals surface area (Å²) in [6.07, 6.45) is 2.34. The normalized spacial score (nSPS) is 12.4. The molecule has 0 amide bonds. The fourth-order valence-electron chi connectivity index (χ4n) is 1.72. The van der Waals surface area contributed by atoms with E-state index in [1.165, 1.54) is 10.7 Å². The number of alkyl halides is 1. The monoisotopic (exact) mass is 280 g/mol. The molecule has 6 nitrogen and oxygen atoms in total. The summed E-state index contributed by atoms with van der Waals surface area (Å²) in [5, 5.41) is 18.7. The standard InChI is InChI=1S/C12H13ClN4O2/c1-3-9(13)10-7-16(15-14-10)11-5-4-8(2)6-12(11)17(18)19/h4-7,9H,3H2,1-2H3. The Labute approximate surface area is 115 Å². The van der Waals surface area contributed by atoms with Crippen LogP contribution in [0, 0.1) is 17.0 Å². The highest BCUT2D eigenvalue weighted by Gasteiger charge is 2.18. The summed E-state index contributed by atoms with van der Waals surface area (Å²) >= 11 is 6.07. The molecule has 0 fully saturated rings. The zero-order chi connectivity index (χ0) is 14.0. The third-order valence-corrected chi connectivity index (χ3v) is 3.30. The van der Waals surface area contributed by atoms with Crippen LogP contribution in [0.1, 0.15) is 30.0 Å². The van der Waals surface area contributed by atoms with Crippen LogP contribution in [-0.4, -0.2) is 19.9 Å². The Morgan fingerprint density at radius 3 is 2.89 bits per heavy atom. The predicted octanol–water partition coefficient (Wildman–Crippen LogP) is 3.17. The molecule has 0 radical (unpaired) electrons. The molecular weight excluding hydrogens is 268 g/mol. The van der Waals surface area contributed by atoms with Crippen LogP contribution < -0.4 is 0 Å². The number of aromatic nitrogens is 3. The lowest BCUT2D eigenvalue weighted by Crippen LogP contribution is -2.01. The number of nitro benzene ring substituents is 1. The first-order valence-corrected chi connectivity index (χ1v) is 6.28. The number of hydrogen-bond acceptors (Lipinski definition) is 4. The van der Waals surface area contributed by atoms with E-state index in [-0.39, 0.29) is 11.1 Å². The number of halogens is 1. The minimum absolute atomic E-state index is 0.000860. The van der Waals surface area contributed by atoms with E-state index in [9.17, 15) is 10.1 Å². The number of aryl methyl sites for hydroxylation is 1. The van der Waals surface area contributed by atoms with Crippen LogP contribution in [0.15, 0.2) is 24.4 Å². The molecule has 1 aromatic carbocycles. The average molecular weight is 281 g/mol. The second-order valence-electron chi connectivity index (χ2n) is 4.21. The molecule has 1 unspecified atom stereocenters. The molecule has 1 atom stereocenters. The van der Waals surface area contributed by atoms with Crippen molar-refractivity contribution in [3.8, 4) is 5.69 Å². The van der Waals surface area contributed by atoms with Gasteiger partial charge in [0.1, 0.15) is 11.4 Å². The van der Waals surface area contributed by atoms with Crippen molar-refractivity contribution in [3.05, 3.63) is 45.8 Å². The highest BCUT2D eigenvalue weighted by Crippen LogP contribution is 2.26. The van der Waals surface area contributed by atoms with Gasteiger partial charge in [-0.2, -0.15) is 0 Å². The van der Waals surface area contributed by atoms with Crippen LogP contribution in [0.2, 0.25) is 0 Å². The van der Waals surface area contributed by atoms with Crippen molar-refractivity contribution >= 4 is 17.3 Å². The van der Waals surface area contributed by atoms with Crippen LogP contribution in [0.4, 0.5) is 5.69 Å². The van der Waals surface area contributed by atoms with Gasteiger partial charge in [-0.1, -0.05) is 18.2 Å². The van der Waals surface area contributed by atoms with Gasteiger partial charge in [-0.05, 0) is 25.0 Å². The molecule has 19 heavy (non-hydrogen) atoms. The molecule has 100 valence electrons. The van der Waals surface area contributed by atoms with Gasteiger partial charge in [0.25, 0.3) is 5.69 Å². The maximum Gasteiger partial charge on any atom is 0.295 e. The molecule has 2 rings (SSSR count). The molecule has 1 heterocycles. The fourth-order valence-corrected chi connectivity index (χ4v) is 1.82. The average Bonchev–Trinajstić information content (AvgIpc) is 2.87. The van der Waals surface area contributed by atoms with Gasteiger partial charge in [0.05, 0.1) is 16.5 Å². The molecule has 0 aliphatic carbocycles. The summed E-state index contributed by atoms with van der Waals surface area (Å²) in [5.74, 6) is 0. The van der Waals surface area contributed by atoms with Gasteiger partial charge in [0, 0.05) is 6.07 Å². The van der Waals surface area contributed by atoms with E-state index in [4.69, 9.17) is 11.6 Å². The van der Waals surface area contributed by atoms with E-state index in [1.54, 1.807) is 25.3 Å². The van der Waals surface area contributed by atoms with Gasteiger partial charge in [0.15, 0.2) is 0 Å². The molecule has 0 spiro atoms. The van der Waals surface area contributed by atoms with Gasteiger partial charge in [-0.15, -0.1) is 16.7 Å². The van der Waals surface area contributed by atoms with E-state index in [2.05, 4.69) is 10.3 Å². The molecule has 7 heteroatoms. The third kappa shape index (κ3) is 2.73. The maximum atomic E-state index is 11.1. The zero-order valence-electron chi connectivity index (χ0n) is 10.6. The lowest BCUT2D eigenvalue weighted by Gasteiger charge is -2.03. The summed E-state index contributed by atoms with van der Waals surface area (Å²) < 4.78 is 1.39. The summed E-state index contributed by atoms with van der Waals surface area (Å²) in [5.41, 5.74) is 1.81. The molecule has 0 aliphatic rings. The highest BCUT2D eigenvalue weighted by atomic mass is 35.5. The number of rotatable bonds is 4. The van der Waals surface area contributed by atoms with E-state index >= 15 is 0 Å². The van der Waals surface area contributed by atoms with Crippen LogP contribution in [0.25, 0.3) is 5.69 Å². The van der Waals surface area contributed by atoms with Crippen LogP contribution in [0.5, 0.6) is 0 Å². The Bertz CT molecular complexity index is 612. The van der Waals surface area contributed by atoms with Crippen molar-refractivity contribution in [2.75, 3.05) is 0 Å². The Balaban J connectivity index is 2.47. The Kier molecular flexibility index (Phi) is 3.80. The van der Waals surface area contributed by atoms with Gasteiger partial charge >= 0.3 is 0 Å². The molecular formula is C12H13ClN4O2. The van der Waals surface area contributed by atoms with Crippen molar-refractivity contribution in [1.82, 2.24) is 15.0 Å². The maximum absolute atomic E-state index is 11.1. The molecule has 0 saturated heterocycles. The summed E-state index contributed by atoms with van der Waals surface area (Å²) in [6.45, 7) is 3.74. The summed E-state index contributed by atoms with van der Waals surface area (Å²) in [7, 11) is 0. The molecule has 1 aromatic heterocycles. The summed E-state index contributed by atoms with van der Waals surface area (Å²) in [4.78, 5) is 10.6. The number of benzene rings is 1. The van der Waals surface area contributed by atoms with Gasteiger partial charge in [-0.25, -0.2) is 4.68 Å². The van der Waals surface area contributed by atoms with Crippen molar-refractivity contribution in [1.29, 1.82) is 0 Å². The molecule has 0 aliphatic heterocycles. The largest absolute Gasteiger partial charge is 0.295 e. The molecule has 0 N–H and O–H groups in total. The van der Waals surface area contributed by atoms with E-state index in [0.717, 1.165) is 12.0 Å². The molecule has 2 aromatic rings. The second kappa shape index (κ2) is 5.36. The van der Waals surface area contributed by atoms with E-state index in [1.807, 2.05) is 6.92 Å². The van der Waals surface area contributed by atoms with Gasteiger partial charge < -0.3 is 0 Å². The quantitative estimate of drug-likeness (QED) is 0.490. The number of hydrogen-bond donors (Lipinski definition) is 0. The van der Waals surface area contributed by atoms with E-state index in [0.29, 0.717) is 11.4 Å². The van der Waals surface area contributed by atoms with Gasteiger partial charge in [-0.3, -0.25) is 10.1 Å². The van der Waals surface area contributed by atoms with E-state index < -0.39 is 4.92 Å². The van der Waals surface area contributed by atoms with Crippen LogP contribution in [-0.2, 0) is 0 Å². The van der Waals surface area contributed by atoms with Crippen molar-refractivity contribution in [2.45, 2.75) is 25.6 Å². The minimum Gasteiger partial charge on any atom is -0.258 e. The highest BCUT2D eigenvalue weighted by molar-refractivity contribution is 6.20. The predicted molar refractivity (Wildman–Crippen MR) is 71.6 cm³/mol. The van der Waals surface area contributed by atoms with Crippen molar-refractivity contribution < 1.29 is 4.92 Å². The van der Waals surface area contributed by atoms with Crippen LogP contribution >= 0.6 is 11.6 Å². The molecule has 0 bridgehead atoms. The lowest BCUT2D eigenvalue weighted by atomic mass is 10.2. The Hall–Kier alpha value is -1.95. The Morgan fingerprint density at radius 2 is 2.26 bits per heavy atom. The minimum atomic E-state index is -0.429. The number of nitro groups is 1. The second-order valence-corrected chi connectivity index (χ2v) is 4.74. The first-order valence-electron chi connectivity index (χ1n) is 5.84. The molecule has 0 saturated carbocycles. The van der Waals surface area contributed by atoms with Gasteiger partial charge in [0.2, 0.25) is 0 Å². The first kappa shape index (κ1) is 13.5. The van der Waals surface area contributed by atoms with Crippen molar-refractivity contribution in [2.24, 2.45) is 0 Å².